The van der Waals surface area contributed by atoms with Crippen LogP contribution in [0.5, 0.6) is 0 Å². The van der Waals surface area contributed by atoms with Gasteiger partial charge in [-0.05, 0) is 18.7 Å². The standard InChI is InChI=1S/C13H19NO3S/c1-3-13(15)11-5-7-12(8-6-11)18(16,17)10-9-14-4-2/h5-8,14H,3-4,9-10H2,1-2H3. The van der Waals surface area contributed by atoms with E-state index >= 15 is 0 Å². The molecule has 100 valence electrons. The van der Waals surface area contributed by atoms with Gasteiger partial charge in [-0.3, -0.25) is 4.79 Å². The number of Topliss-reactive ketones (excluding diaryl/α,β-unsaturated/α-hetero) is 1. The van der Waals surface area contributed by atoms with E-state index in [0.717, 1.165) is 6.54 Å². The van der Waals surface area contributed by atoms with Crippen LogP contribution in [0.2, 0.25) is 0 Å². The van der Waals surface area contributed by atoms with Crippen molar-refractivity contribution in [3.05, 3.63) is 29.8 Å². The van der Waals surface area contributed by atoms with Crippen LogP contribution in [0.3, 0.4) is 0 Å². The molecular formula is C13H19NO3S. The van der Waals surface area contributed by atoms with Crippen molar-refractivity contribution >= 4 is 15.6 Å². The molecule has 0 fully saturated rings. The lowest BCUT2D eigenvalue weighted by Gasteiger charge is -2.05. The van der Waals surface area contributed by atoms with E-state index in [4.69, 9.17) is 0 Å². The van der Waals surface area contributed by atoms with E-state index in [1.54, 1.807) is 19.1 Å². The maximum Gasteiger partial charge on any atom is 0.179 e. The molecule has 0 unspecified atom stereocenters. The minimum absolute atomic E-state index is 0.0200. The molecule has 0 saturated carbocycles. The fourth-order valence-electron chi connectivity index (χ4n) is 1.55. The molecule has 5 heteroatoms. The molecule has 0 spiro atoms. The topological polar surface area (TPSA) is 63.2 Å². The van der Waals surface area contributed by atoms with Crippen molar-refractivity contribution in [2.75, 3.05) is 18.8 Å². The Morgan fingerprint density at radius 2 is 1.78 bits per heavy atom. The van der Waals surface area contributed by atoms with Crippen molar-refractivity contribution < 1.29 is 13.2 Å². The number of sulfone groups is 1. The average molecular weight is 269 g/mol. The average Bonchev–Trinajstić information content (AvgIpc) is 2.38. The van der Waals surface area contributed by atoms with Crippen molar-refractivity contribution in [1.82, 2.24) is 5.32 Å². The van der Waals surface area contributed by atoms with Gasteiger partial charge in [0.05, 0.1) is 10.6 Å². The lowest BCUT2D eigenvalue weighted by molar-refractivity contribution is 0.0988. The zero-order valence-corrected chi connectivity index (χ0v) is 11.6. The van der Waals surface area contributed by atoms with E-state index in [2.05, 4.69) is 5.32 Å². The molecular weight excluding hydrogens is 250 g/mol. The lowest BCUT2D eigenvalue weighted by Crippen LogP contribution is -2.22. The van der Waals surface area contributed by atoms with Gasteiger partial charge in [0.15, 0.2) is 15.6 Å². The fraction of sp³-hybridized carbons (Fsp3) is 0.462. The van der Waals surface area contributed by atoms with Crippen molar-refractivity contribution in [1.29, 1.82) is 0 Å². The first-order chi connectivity index (χ1) is 8.51. The lowest BCUT2D eigenvalue weighted by atomic mass is 10.1. The highest BCUT2D eigenvalue weighted by atomic mass is 32.2. The van der Waals surface area contributed by atoms with E-state index in [9.17, 15) is 13.2 Å². The molecule has 1 rings (SSSR count). The summed E-state index contributed by atoms with van der Waals surface area (Å²) in [5.41, 5.74) is 0.558. The van der Waals surface area contributed by atoms with E-state index < -0.39 is 9.84 Å². The van der Waals surface area contributed by atoms with Crippen LogP contribution in [0.15, 0.2) is 29.2 Å². The van der Waals surface area contributed by atoms with Gasteiger partial charge in [0, 0.05) is 18.5 Å². The van der Waals surface area contributed by atoms with E-state index in [1.807, 2.05) is 6.92 Å². The Bertz CT molecular complexity index is 491. The summed E-state index contributed by atoms with van der Waals surface area (Å²) in [6.07, 6.45) is 0.423. The number of benzene rings is 1. The first-order valence-electron chi connectivity index (χ1n) is 6.08. The SMILES string of the molecule is CCNCCS(=O)(=O)c1ccc(C(=O)CC)cc1. The molecule has 0 bridgehead atoms. The van der Waals surface area contributed by atoms with Gasteiger partial charge in [-0.1, -0.05) is 26.0 Å². The molecule has 0 aliphatic rings. The Balaban J connectivity index is 2.81. The van der Waals surface area contributed by atoms with Gasteiger partial charge in [-0.25, -0.2) is 8.42 Å². The maximum atomic E-state index is 11.9. The zero-order chi connectivity index (χ0) is 13.6. The highest BCUT2D eigenvalue weighted by molar-refractivity contribution is 7.91. The minimum Gasteiger partial charge on any atom is -0.316 e. The Morgan fingerprint density at radius 3 is 2.28 bits per heavy atom. The van der Waals surface area contributed by atoms with Gasteiger partial charge in [0.1, 0.15) is 0 Å². The van der Waals surface area contributed by atoms with Crippen LogP contribution in [0.4, 0.5) is 0 Å². The molecule has 4 nitrogen and oxygen atoms in total. The summed E-state index contributed by atoms with van der Waals surface area (Å²) in [7, 11) is -3.26. The van der Waals surface area contributed by atoms with E-state index in [1.165, 1.54) is 12.1 Å². The second-order valence-electron chi connectivity index (χ2n) is 3.97. The number of hydrogen-bond donors (Lipinski definition) is 1. The second-order valence-corrected chi connectivity index (χ2v) is 6.08. The summed E-state index contributed by atoms with van der Waals surface area (Å²) >= 11 is 0. The van der Waals surface area contributed by atoms with Gasteiger partial charge in [-0.15, -0.1) is 0 Å². The summed E-state index contributed by atoms with van der Waals surface area (Å²) < 4.78 is 23.9. The van der Waals surface area contributed by atoms with E-state index in [-0.39, 0.29) is 16.4 Å². The summed E-state index contributed by atoms with van der Waals surface area (Å²) in [4.78, 5) is 11.7. The third-order valence-electron chi connectivity index (χ3n) is 2.65. The Kier molecular flexibility index (Phi) is 5.50. The quantitative estimate of drug-likeness (QED) is 0.604. The molecule has 1 N–H and O–H groups in total. The van der Waals surface area contributed by atoms with Gasteiger partial charge < -0.3 is 5.32 Å². The van der Waals surface area contributed by atoms with Crippen LogP contribution in [-0.2, 0) is 9.84 Å². The molecule has 0 aliphatic heterocycles. The molecule has 0 radical (unpaired) electrons. The zero-order valence-electron chi connectivity index (χ0n) is 10.8. The van der Waals surface area contributed by atoms with Gasteiger partial charge >= 0.3 is 0 Å². The maximum absolute atomic E-state index is 11.9. The highest BCUT2D eigenvalue weighted by Crippen LogP contribution is 2.13. The summed E-state index contributed by atoms with van der Waals surface area (Å²) in [5, 5.41) is 2.98. The predicted octanol–water partition coefficient (Wildman–Crippen LogP) is 1.66. The van der Waals surface area contributed by atoms with E-state index in [0.29, 0.717) is 18.5 Å². The smallest absolute Gasteiger partial charge is 0.179 e. The van der Waals surface area contributed by atoms with Crippen LogP contribution in [-0.4, -0.2) is 33.0 Å². The molecule has 0 atom stereocenters. The normalized spacial score (nSPS) is 11.4. The van der Waals surface area contributed by atoms with Crippen LogP contribution in [0, 0.1) is 0 Å². The first-order valence-corrected chi connectivity index (χ1v) is 7.73. The number of carbonyl (C=O) groups excluding carboxylic acids is 1. The van der Waals surface area contributed by atoms with Gasteiger partial charge in [0.25, 0.3) is 0 Å². The highest BCUT2D eigenvalue weighted by Gasteiger charge is 2.14. The van der Waals surface area contributed by atoms with Gasteiger partial charge in [0.2, 0.25) is 0 Å². The molecule has 1 aromatic carbocycles. The largest absolute Gasteiger partial charge is 0.316 e. The van der Waals surface area contributed by atoms with Crippen molar-refractivity contribution in [3.8, 4) is 0 Å². The third kappa shape index (κ3) is 3.92. The number of hydrogen-bond acceptors (Lipinski definition) is 4. The van der Waals surface area contributed by atoms with Crippen LogP contribution in [0.1, 0.15) is 30.6 Å². The molecule has 0 aliphatic carbocycles. The van der Waals surface area contributed by atoms with Gasteiger partial charge in [-0.2, -0.15) is 0 Å². The molecule has 0 amide bonds. The summed E-state index contributed by atoms with van der Waals surface area (Å²) in [6.45, 7) is 4.90. The first kappa shape index (κ1) is 14.9. The minimum atomic E-state index is -3.26. The monoisotopic (exact) mass is 269 g/mol. The van der Waals surface area contributed by atoms with Crippen molar-refractivity contribution in [3.63, 3.8) is 0 Å². The molecule has 0 heterocycles. The Labute approximate surface area is 108 Å². The number of ketones is 1. The number of nitrogens with one attached hydrogen (secondary N) is 1. The molecule has 0 aromatic heterocycles. The van der Waals surface area contributed by atoms with Crippen LogP contribution in [0.25, 0.3) is 0 Å². The Morgan fingerprint density at radius 1 is 1.17 bits per heavy atom. The number of carbonyl (C=O) groups is 1. The molecule has 18 heavy (non-hydrogen) atoms. The second kappa shape index (κ2) is 6.66. The fourth-order valence-corrected chi connectivity index (χ4v) is 2.75. The molecule has 0 saturated heterocycles. The molecule has 1 aromatic rings. The van der Waals surface area contributed by atoms with Crippen molar-refractivity contribution in [2.45, 2.75) is 25.2 Å². The van der Waals surface area contributed by atoms with Crippen LogP contribution < -0.4 is 5.32 Å². The van der Waals surface area contributed by atoms with Crippen LogP contribution >= 0.6 is 0 Å². The Hall–Kier alpha value is -1.20. The summed E-state index contributed by atoms with van der Waals surface area (Å²) in [6, 6.07) is 6.16. The van der Waals surface area contributed by atoms with Crippen molar-refractivity contribution in [2.24, 2.45) is 0 Å². The third-order valence-corrected chi connectivity index (χ3v) is 4.39. The summed E-state index contributed by atoms with van der Waals surface area (Å²) in [5.74, 6) is 0.0913. The predicted molar refractivity (Wildman–Crippen MR) is 71.7 cm³/mol. The number of rotatable bonds is 7.